The first-order valence-corrected chi connectivity index (χ1v) is 8.35. The second-order valence-corrected chi connectivity index (χ2v) is 6.31. The van der Waals surface area contributed by atoms with Crippen LogP contribution in [0.15, 0.2) is 27.8 Å². The van der Waals surface area contributed by atoms with E-state index >= 15 is 0 Å². The molecular formula is C17H19N5O2S. The van der Waals surface area contributed by atoms with Crippen LogP contribution in [0.4, 0.5) is 5.82 Å². The molecular weight excluding hydrogens is 338 g/mol. The number of nitrogens with two attached hydrogens (primary N) is 1. The van der Waals surface area contributed by atoms with E-state index in [0.717, 1.165) is 47.4 Å². The number of carbonyl (C=O) groups is 1. The molecule has 8 heteroatoms. The Balaban J connectivity index is 1.92. The SMILES string of the molecule is Cc1cccnc1NC(=O)c1oc2c(c1C)/C(=N/NC(N)=S)CCC2. The van der Waals surface area contributed by atoms with Gasteiger partial charge in [-0.2, -0.15) is 5.10 Å². The molecule has 130 valence electrons. The molecule has 0 atom stereocenters. The summed E-state index contributed by atoms with van der Waals surface area (Å²) in [7, 11) is 0. The van der Waals surface area contributed by atoms with Crippen molar-refractivity contribution in [1.29, 1.82) is 0 Å². The van der Waals surface area contributed by atoms with Gasteiger partial charge < -0.3 is 15.5 Å². The molecule has 0 bridgehead atoms. The lowest BCUT2D eigenvalue weighted by molar-refractivity contribution is 0.0993. The molecule has 0 aliphatic heterocycles. The fraction of sp³-hybridized carbons (Fsp3) is 0.294. The van der Waals surface area contributed by atoms with E-state index in [1.54, 1.807) is 6.20 Å². The van der Waals surface area contributed by atoms with Gasteiger partial charge >= 0.3 is 0 Å². The van der Waals surface area contributed by atoms with Crippen LogP contribution < -0.4 is 16.5 Å². The molecule has 0 unspecified atom stereocenters. The molecule has 1 amide bonds. The van der Waals surface area contributed by atoms with Crippen LogP contribution in [0.2, 0.25) is 0 Å². The lowest BCUT2D eigenvalue weighted by atomic mass is 9.93. The van der Waals surface area contributed by atoms with Gasteiger partial charge in [0.2, 0.25) is 0 Å². The Labute approximate surface area is 150 Å². The number of nitrogens with one attached hydrogen (secondary N) is 2. The summed E-state index contributed by atoms with van der Waals surface area (Å²) < 4.78 is 5.84. The Kier molecular flexibility index (Phi) is 4.80. The van der Waals surface area contributed by atoms with E-state index in [2.05, 4.69) is 20.8 Å². The van der Waals surface area contributed by atoms with Gasteiger partial charge in [-0.3, -0.25) is 10.2 Å². The number of furan rings is 1. The molecule has 2 aromatic rings. The van der Waals surface area contributed by atoms with E-state index < -0.39 is 0 Å². The summed E-state index contributed by atoms with van der Waals surface area (Å²) in [5.74, 6) is 1.23. The summed E-state index contributed by atoms with van der Waals surface area (Å²) >= 11 is 4.79. The summed E-state index contributed by atoms with van der Waals surface area (Å²) in [5.41, 5.74) is 11.3. The van der Waals surface area contributed by atoms with Crippen LogP contribution in [0.25, 0.3) is 0 Å². The molecule has 25 heavy (non-hydrogen) atoms. The van der Waals surface area contributed by atoms with Crippen molar-refractivity contribution in [3.8, 4) is 0 Å². The number of nitrogens with zero attached hydrogens (tertiary/aromatic N) is 2. The maximum absolute atomic E-state index is 12.6. The third-order valence-electron chi connectivity index (χ3n) is 4.07. The molecule has 3 rings (SSSR count). The van der Waals surface area contributed by atoms with Crippen molar-refractivity contribution >= 4 is 34.8 Å². The summed E-state index contributed by atoms with van der Waals surface area (Å²) in [5, 5.41) is 7.15. The minimum Gasteiger partial charge on any atom is -0.455 e. The van der Waals surface area contributed by atoms with Crippen LogP contribution in [0.1, 0.15) is 45.8 Å². The van der Waals surface area contributed by atoms with Gasteiger partial charge in [0, 0.05) is 23.7 Å². The predicted molar refractivity (Wildman–Crippen MR) is 99.8 cm³/mol. The van der Waals surface area contributed by atoms with Crippen molar-refractivity contribution in [1.82, 2.24) is 10.4 Å². The van der Waals surface area contributed by atoms with Crippen LogP contribution in [0.5, 0.6) is 0 Å². The smallest absolute Gasteiger partial charge is 0.292 e. The van der Waals surface area contributed by atoms with E-state index in [4.69, 9.17) is 22.4 Å². The number of fused-ring (bicyclic) bond motifs is 1. The van der Waals surface area contributed by atoms with Gasteiger partial charge in [0.05, 0.1) is 5.71 Å². The average molecular weight is 357 g/mol. The number of pyridine rings is 1. The van der Waals surface area contributed by atoms with Crippen LogP contribution in [-0.2, 0) is 6.42 Å². The Morgan fingerprint density at radius 3 is 2.92 bits per heavy atom. The molecule has 2 heterocycles. The minimum absolute atomic E-state index is 0.101. The zero-order valence-electron chi connectivity index (χ0n) is 14.0. The molecule has 2 aromatic heterocycles. The number of aromatic nitrogens is 1. The molecule has 0 saturated heterocycles. The van der Waals surface area contributed by atoms with Crippen molar-refractivity contribution in [3.63, 3.8) is 0 Å². The second kappa shape index (κ2) is 7.02. The lowest BCUT2D eigenvalue weighted by Gasteiger charge is -2.13. The van der Waals surface area contributed by atoms with Crippen molar-refractivity contribution in [2.24, 2.45) is 10.8 Å². The Bertz CT molecular complexity index is 872. The maximum atomic E-state index is 12.6. The number of aryl methyl sites for hydroxylation is 2. The Hall–Kier alpha value is -2.74. The molecule has 0 aromatic carbocycles. The molecule has 0 radical (unpaired) electrons. The summed E-state index contributed by atoms with van der Waals surface area (Å²) in [6.45, 7) is 3.74. The molecule has 0 spiro atoms. The second-order valence-electron chi connectivity index (χ2n) is 5.87. The van der Waals surface area contributed by atoms with E-state index in [0.29, 0.717) is 5.82 Å². The van der Waals surface area contributed by atoms with E-state index in [-0.39, 0.29) is 16.8 Å². The third kappa shape index (κ3) is 3.53. The highest BCUT2D eigenvalue weighted by Crippen LogP contribution is 2.30. The number of hydrogen-bond donors (Lipinski definition) is 3. The lowest BCUT2D eigenvalue weighted by Crippen LogP contribution is -2.26. The fourth-order valence-electron chi connectivity index (χ4n) is 2.90. The quantitative estimate of drug-likeness (QED) is 0.575. The Morgan fingerprint density at radius 1 is 1.40 bits per heavy atom. The fourth-order valence-corrected chi connectivity index (χ4v) is 2.95. The van der Waals surface area contributed by atoms with Gasteiger partial charge in [-0.05, 0) is 50.5 Å². The van der Waals surface area contributed by atoms with Crippen LogP contribution in [-0.4, -0.2) is 21.7 Å². The number of rotatable bonds is 3. The predicted octanol–water partition coefficient (Wildman–Crippen LogP) is 2.42. The highest BCUT2D eigenvalue weighted by molar-refractivity contribution is 7.80. The van der Waals surface area contributed by atoms with E-state index in [1.165, 1.54) is 0 Å². The maximum Gasteiger partial charge on any atom is 0.292 e. The number of amides is 1. The first-order valence-electron chi connectivity index (χ1n) is 7.95. The average Bonchev–Trinajstić information content (AvgIpc) is 2.93. The molecule has 4 N–H and O–H groups in total. The van der Waals surface area contributed by atoms with Crippen molar-refractivity contribution in [3.05, 3.63) is 46.5 Å². The van der Waals surface area contributed by atoms with Crippen LogP contribution in [0, 0.1) is 13.8 Å². The van der Waals surface area contributed by atoms with Gasteiger partial charge in [-0.15, -0.1) is 0 Å². The standard InChI is InChI=1S/C17H19N5O2S/c1-9-5-4-8-19-15(9)20-16(23)14-10(2)13-11(21-22-17(18)25)6-3-7-12(13)24-14/h4-5,8H,3,6-7H2,1-2H3,(H3,18,22,25)(H,19,20,23)/b21-11+. The number of carbonyl (C=O) groups excluding carboxylic acids is 1. The van der Waals surface area contributed by atoms with Crippen LogP contribution >= 0.6 is 12.2 Å². The van der Waals surface area contributed by atoms with E-state index in [9.17, 15) is 4.79 Å². The first kappa shape index (κ1) is 17.1. The monoisotopic (exact) mass is 357 g/mol. The number of anilines is 1. The zero-order chi connectivity index (χ0) is 18.0. The largest absolute Gasteiger partial charge is 0.455 e. The molecule has 0 fully saturated rings. The minimum atomic E-state index is -0.324. The van der Waals surface area contributed by atoms with Gasteiger partial charge in [0.15, 0.2) is 10.9 Å². The normalized spacial score (nSPS) is 14.9. The zero-order valence-corrected chi connectivity index (χ0v) is 14.9. The summed E-state index contributed by atoms with van der Waals surface area (Å²) in [6.07, 6.45) is 4.05. The van der Waals surface area contributed by atoms with Gasteiger partial charge in [-0.25, -0.2) is 4.98 Å². The van der Waals surface area contributed by atoms with Crippen molar-refractivity contribution < 1.29 is 9.21 Å². The number of hydrazone groups is 1. The van der Waals surface area contributed by atoms with Crippen molar-refractivity contribution in [2.45, 2.75) is 33.1 Å². The van der Waals surface area contributed by atoms with E-state index in [1.807, 2.05) is 26.0 Å². The number of hydrogen-bond acceptors (Lipinski definition) is 5. The van der Waals surface area contributed by atoms with Gasteiger partial charge in [-0.1, -0.05) is 6.07 Å². The summed E-state index contributed by atoms with van der Waals surface area (Å²) in [6, 6.07) is 3.70. The first-order chi connectivity index (χ1) is 12.0. The molecule has 0 saturated carbocycles. The number of thiocarbonyl (C=S) groups is 1. The third-order valence-corrected chi connectivity index (χ3v) is 4.17. The van der Waals surface area contributed by atoms with Gasteiger partial charge in [0.25, 0.3) is 5.91 Å². The molecule has 1 aliphatic carbocycles. The highest BCUT2D eigenvalue weighted by Gasteiger charge is 2.28. The molecule has 1 aliphatic rings. The van der Waals surface area contributed by atoms with Gasteiger partial charge in [0.1, 0.15) is 11.6 Å². The topological polar surface area (TPSA) is 106 Å². The highest BCUT2D eigenvalue weighted by atomic mass is 32.1. The summed E-state index contributed by atoms with van der Waals surface area (Å²) in [4.78, 5) is 16.8. The Morgan fingerprint density at radius 2 is 2.20 bits per heavy atom. The molecule has 7 nitrogen and oxygen atoms in total. The van der Waals surface area contributed by atoms with Crippen LogP contribution in [0.3, 0.4) is 0 Å². The van der Waals surface area contributed by atoms with Crippen molar-refractivity contribution in [2.75, 3.05) is 5.32 Å².